The van der Waals surface area contributed by atoms with Crippen molar-refractivity contribution in [1.29, 1.82) is 0 Å². The Hall–Kier alpha value is -1.13. The van der Waals surface area contributed by atoms with E-state index in [2.05, 4.69) is 51.5 Å². The molecule has 0 saturated heterocycles. The molecular weight excluding hydrogens is 302 g/mol. The van der Waals surface area contributed by atoms with Crippen LogP contribution >= 0.6 is 15.9 Å². The topological polar surface area (TPSA) is 43.8 Å². The molecule has 1 aliphatic carbocycles. The van der Waals surface area contributed by atoms with Crippen molar-refractivity contribution < 1.29 is 0 Å². The maximum atomic E-state index is 6.22. The first-order chi connectivity index (χ1) is 9.08. The van der Waals surface area contributed by atoms with Crippen LogP contribution in [0.2, 0.25) is 0 Å². The van der Waals surface area contributed by atoms with Gasteiger partial charge in [0, 0.05) is 28.1 Å². The maximum Gasteiger partial charge on any atom is 0.137 e. The number of nitrogens with two attached hydrogens (primary N) is 1. The van der Waals surface area contributed by atoms with Crippen molar-refractivity contribution >= 4 is 15.9 Å². The van der Waals surface area contributed by atoms with Gasteiger partial charge in [-0.1, -0.05) is 0 Å². The van der Waals surface area contributed by atoms with Gasteiger partial charge in [-0.25, -0.2) is 4.98 Å². The summed E-state index contributed by atoms with van der Waals surface area (Å²) in [6, 6.07) is 4.52. The van der Waals surface area contributed by atoms with Crippen LogP contribution in [0.3, 0.4) is 0 Å². The van der Waals surface area contributed by atoms with Gasteiger partial charge in [-0.3, -0.25) is 0 Å². The molecule has 100 valence electrons. The first-order valence-electron chi connectivity index (χ1n) is 6.67. The number of hydrogen-bond acceptors (Lipinski definition) is 2. The predicted molar refractivity (Wildman–Crippen MR) is 80.6 cm³/mol. The van der Waals surface area contributed by atoms with Gasteiger partial charge in [0.05, 0.1) is 0 Å². The number of rotatable bonds is 1. The molecule has 2 heterocycles. The van der Waals surface area contributed by atoms with Crippen LogP contribution in [0.15, 0.2) is 22.8 Å². The molecule has 0 aromatic carbocycles. The third-order valence-electron chi connectivity index (χ3n) is 3.91. The van der Waals surface area contributed by atoms with Crippen LogP contribution in [0.5, 0.6) is 0 Å². The molecule has 0 aliphatic heterocycles. The van der Waals surface area contributed by atoms with Gasteiger partial charge in [-0.2, -0.15) is 0 Å². The molecule has 2 aromatic rings. The number of aromatic nitrogens is 2. The van der Waals surface area contributed by atoms with Crippen LogP contribution in [-0.4, -0.2) is 9.55 Å². The van der Waals surface area contributed by atoms with Crippen molar-refractivity contribution in [2.75, 3.05) is 0 Å². The van der Waals surface area contributed by atoms with Crippen LogP contribution < -0.4 is 5.73 Å². The number of halogens is 1. The molecule has 0 spiro atoms. The van der Waals surface area contributed by atoms with Crippen LogP contribution in [-0.2, 0) is 6.42 Å². The summed E-state index contributed by atoms with van der Waals surface area (Å²) >= 11 is 3.50. The van der Waals surface area contributed by atoms with E-state index in [9.17, 15) is 0 Å². The van der Waals surface area contributed by atoms with Crippen LogP contribution in [0.4, 0.5) is 0 Å². The number of fused-ring (bicyclic) bond motifs is 1. The zero-order valence-electron chi connectivity index (χ0n) is 11.3. The molecule has 0 saturated carbocycles. The molecule has 1 atom stereocenters. The third-order valence-corrected chi connectivity index (χ3v) is 4.74. The van der Waals surface area contributed by atoms with Gasteiger partial charge in [0.25, 0.3) is 0 Å². The Kier molecular flexibility index (Phi) is 3.23. The smallest absolute Gasteiger partial charge is 0.137 e. The highest BCUT2D eigenvalue weighted by Gasteiger charge is 2.23. The molecule has 1 aliphatic rings. The number of hydrogen-bond donors (Lipinski definition) is 1. The molecule has 2 aromatic heterocycles. The fourth-order valence-corrected chi connectivity index (χ4v) is 3.12. The van der Waals surface area contributed by atoms with Crippen LogP contribution in [0.25, 0.3) is 5.82 Å². The maximum absolute atomic E-state index is 6.22. The quantitative estimate of drug-likeness (QED) is 0.873. The van der Waals surface area contributed by atoms with E-state index < -0.39 is 0 Å². The summed E-state index contributed by atoms with van der Waals surface area (Å²) in [5.41, 5.74) is 11.3. The van der Waals surface area contributed by atoms with Crippen molar-refractivity contribution in [3.8, 4) is 5.82 Å². The van der Waals surface area contributed by atoms with E-state index in [1.54, 1.807) is 0 Å². The molecule has 0 fully saturated rings. The van der Waals surface area contributed by atoms with Crippen molar-refractivity contribution in [1.82, 2.24) is 9.55 Å². The summed E-state index contributed by atoms with van der Waals surface area (Å²) in [5, 5.41) is 0. The first-order valence-corrected chi connectivity index (χ1v) is 7.46. The molecular formula is C15H18BrN3. The van der Waals surface area contributed by atoms with Gasteiger partial charge in [-0.15, -0.1) is 0 Å². The summed E-state index contributed by atoms with van der Waals surface area (Å²) in [7, 11) is 0. The highest BCUT2D eigenvalue weighted by Crippen LogP contribution is 2.32. The molecule has 1 unspecified atom stereocenters. The van der Waals surface area contributed by atoms with Gasteiger partial charge in [-0.05, 0) is 72.3 Å². The minimum absolute atomic E-state index is 0.181. The van der Waals surface area contributed by atoms with Crippen molar-refractivity contribution in [3.63, 3.8) is 0 Å². The SMILES string of the molecule is Cc1cc(-n2c(C)cc3c2CCCC3N)ncc1Br. The normalized spacial score (nSPS) is 18.4. The van der Waals surface area contributed by atoms with E-state index in [-0.39, 0.29) is 6.04 Å². The standard InChI is InChI=1S/C15H18BrN3/c1-9-6-15(18-8-12(9)16)19-10(2)7-11-13(17)4-3-5-14(11)19/h6-8,13H,3-5,17H2,1-2H3. The summed E-state index contributed by atoms with van der Waals surface area (Å²) in [6.07, 6.45) is 5.21. The summed E-state index contributed by atoms with van der Waals surface area (Å²) in [5.74, 6) is 0.994. The third kappa shape index (κ3) is 2.13. The van der Waals surface area contributed by atoms with Gasteiger partial charge in [0.1, 0.15) is 5.82 Å². The second-order valence-electron chi connectivity index (χ2n) is 5.31. The summed E-state index contributed by atoms with van der Waals surface area (Å²) in [6.45, 7) is 4.22. The van der Waals surface area contributed by atoms with E-state index in [0.717, 1.165) is 29.6 Å². The fourth-order valence-electron chi connectivity index (χ4n) is 2.90. The Bertz CT molecular complexity index is 631. The number of aryl methyl sites for hydroxylation is 2. The minimum Gasteiger partial charge on any atom is -0.324 e. The molecule has 0 amide bonds. The Labute approximate surface area is 122 Å². The lowest BCUT2D eigenvalue weighted by atomic mass is 9.93. The second-order valence-corrected chi connectivity index (χ2v) is 6.17. The predicted octanol–water partition coefficient (Wildman–Crippen LogP) is 3.59. The van der Waals surface area contributed by atoms with Crippen LogP contribution in [0, 0.1) is 13.8 Å². The average Bonchev–Trinajstić information content (AvgIpc) is 2.71. The Morgan fingerprint density at radius 1 is 1.37 bits per heavy atom. The van der Waals surface area contributed by atoms with Gasteiger partial charge >= 0.3 is 0 Å². The zero-order chi connectivity index (χ0) is 13.6. The number of pyridine rings is 1. The molecule has 0 radical (unpaired) electrons. The van der Waals surface area contributed by atoms with Gasteiger partial charge in [0.15, 0.2) is 0 Å². The lowest BCUT2D eigenvalue weighted by Gasteiger charge is -2.21. The lowest BCUT2D eigenvalue weighted by Crippen LogP contribution is -2.18. The van der Waals surface area contributed by atoms with Crippen molar-refractivity contribution in [2.24, 2.45) is 5.73 Å². The first kappa shape index (κ1) is 12.9. The molecule has 2 N–H and O–H groups in total. The molecule has 4 heteroatoms. The second kappa shape index (κ2) is 4.76. The van der Waals surface area contributed by atoms with Gasteiger partial charge in [0.2, 0.25) is 0 Å². The Morgan fingerprint density at radius 2 is 2.16 bits per heavy atom. The monoisotopic (exact) mass is 319 g/mol. The molecule has 19 heavy (non-hydrogen) atoms. The van der Waals surface area contributed by atoms with E-state index in [1.807, 2.05) is 6.20 Å². The van der Waals surface area contributed by atoms with E-state index in [1.165, 1.54) is 22.5 Å². The van der Waals surface area contributed by atoms with Gasteiger partial charge < -0.3 is 10.3 Å². The van der Waals surface area contributed by atoms with Crippen molar-refractivity contribution in [3.05, 3.63) is 45.3 Å². The largest absolute Gasteiger partial charge is 0.324 e. The number of nitrogens with zero attached hydrogens (tertiary/aromatic N) is 2. The average molecular weight is 320 g/mol. The fraction of sp³-hybridized carbons (Fsp3) is 0.400. The Morgan fingerprint density at radius 3 is 2.89 bits per heavy atom. The van der Waals surface area contributed by atoms with Crippen LogP contribution in [0.1, 0.15) is 41.4 Å². The minimum atomic E-state index is 0.181. The summed E-state index contributed by atoms with van der Waals surface area (Å²) < 4.78 is 3.31. The zero-order valence-corrected chi connectivity index (χ0v) is 12.9. The highest BCUT2D eigenvalue weighted by molar-refractivity contribution is 9.10. The molecule has 0 bridgehead atoms. The van der Waals surface area contributed by atoms with E-state index >= 15 is 0 Å². The van der Waals surface area contributed by atoms with E-state index in [4.69, 9.17) is 5.73 Å². The molecule has 3 nitrogen and oxygen atoms in total. The summed E-state index contributed by atoms with van der Waals surface area (Å²) in [4.78, 5) is 4.55. The lowest BCUT2D eigenvalue weighted by molar-refractivity contribution is 0.559. The van der Waals surface area contributed by atoms with Crippen molar-refractivity contribution in [2.45, 2.75) is 39.2 Å². The van der Waals surface area contributed by atoms with E-state index in [0.29, 0.717) is 0 Å². The Balaban J connectivity index is 2.17. The highest BCUT2D eigenvalue weighted by atomic mass is 79.9. The molecule has 3 rings (SSSR count).